The Morgan fingerprint density at radius 2 is 1.71 bits per heavy atom. The van der Waals surface area contributed by atoms with Gasteiger partial charge in [-0.1, -0.05) is 59.1 Å². The number of carbonyl (C=O) groups is 2. The fourth-order valence-corrected chi connectivity index (χ4v) is 3.84. The topological polar surface area (TPSA) is 49.4 Å². The monoisotopic (exact) mass is 438 g/mol. The maximum absolute atomic E-state index is 12.9. The van der Waals surface area contributed by atoms with Crippen LogP contribution in [0.15, 0.2) is 42.5 Å². The Bertz CT molecular complexity index is 828. The van der Waals surface area contributed by atoms with Gasteiger partial charge in [-0.25, -0.2) is 0 Å². The molecule has 1 atom stereocenters. The van der Waals surface area contributed by atoms with Crippen molar-refractivity contribution in [3.05, 3.63) is 69.2 Å². The Labute approximate surface area is 180 Å². The van der Waals surface area contributed by atoms with E-state index in [1.807, 2.05) is 13.0 Å². The lowest BCUT2D eigenvalue weighted by Gasteiger charge is -2.28. The standard InChI is InChI=1S/C21H24Cl2N2O2S/c1-14-4-6-16(7-5-14)12-28-13-20(26)25(15(2)21(27)24-3)11-17-8-9-18(22)19(23)10-17/h4-10,15H,11-13H2,1-3H3,(H,24,27)/t15-/m1/s1. The van der Waals surface area contributed by atoms with Crippen LogP contribution in [0.25, 0.3) is 0 Å². The van der Waals surface area contributed by atoms with Gasteiger partial charge in [0.1, 0.15) is 6.04 Å². The minimum Gasteiger partial charge on any atom is -0.357 e. The van der Waals surface area contributed by atoms with E-state index in [0.717, 1.165) is 11.3 Å². The smallest absolute Gasteiger partial charge is 0.242 e. The molecule has 0 fully saturated rings. The Morgan fingerprint density at radius 3 is 2.32 bits per heavy atom. The number of benzene rings is 2. The van der Waals surface area contributed by atoms with Gasteiger partial charge in [0.05, 0.1) is 15.8 Å². The molecule has 0 unspecified atom stereocenters. The molecule has 2 aromatic carbocycles. The Kier molecular flexibility index (Phi) is 8.67. The zero-order valence-electron chi connectivity index (χ0n) is 16.2. The summed E-state index contributed by atoms with van der Waals surface area (Å²) in [4.78, 5) is 26.6. The van der Waals surface area contributed by atoms with Crippen LogP contribution >= 0.6 is 35.0 Å². The van der Waals surface area contributed by atoms with Crippen molar-refractivity contribution in [3.63, 3.8) is 0 Å². The van der Waals surface area contributed by atoms with Gasteiger partial charge >= 0.3 is 0 Å². The number of likely N-dealkylation sites (N-methyl/N-ethyl adjacent to an activating group) is 1. The molecule has 150 valence electrons. The maximum Gasteiger partial charge on any atom is 0.242 e. The number of hydrogen-bond donors (Lipinski definition) is 1. The number of rotatable bonds is 8. The van der Waals surface area contributed by atoms with Crippen molar-refractivity contribution in [2.45, 2.75) is 32.2 Å². The molecule has 0 heterocycles. The highest BCUT2D eigenvalue weighted by molar-refractivity contribution is 7.99. The number of aryl methyl sites for hydroxylation is 1. The molecule has 0 aliphatic heterocycles. The molecule has 0 saturated carbocycles. The lowest BCUT2D eigenvalue weighted by atomic mass is 10.1. The van der Waals surface area contributed by atoms with E-state index in [1.54, 1.807) is 31.0 Å². The van der Waals surface area contributed by atoms with Gasteiger partial charge in [-0.3, -0.25) is 9.59 Å². The normalized spacial score (nSPS) is 11.8. The molecule has 2 aromatic rings. The predicted molar refractivity (Wildman–Crippen MR) is 118 cm³/mol. The Hall–Kier alpha value is -1.69. The van der Waals surface area contributed by atoms with Gasteiger partial charge in [0.15, 0.2) is 0 Å². The first-order valence-electron chi connectivity index (χ1n) is 8.90. The van der Waals surface area contributed by atoms with E-state index in [4.69, 9.17) is 23.2 Å². The first-order chi connectivity index (χ1) is 13.3. The molecule has 0 radical (unpaired) electrons. The molecule has 0 bridgehead atoms. The second-order valence-corrected chi connectivity index (χ2v) is 8.34. The minimum absolute atomic E-state index is 0.0979. The van der Waals surface area contributed by atoms with Crippen LogP contribution < -0.4 is 5.32 Å². The molecule has 0 saturated heterocycles. The average molecular weight is 439 g/mol. The summed E-state index contributed by atoms with van der Waals surface area (Å²) in [6.45, 7) is 4.05. The van der Waals surface area contributed by atoms with Crippen LogP contribution in [0.5, 0.6) is 0 Å². The molecule has 0 spiro atoms. The number of carbonyl (C=O) groups excluding carboxylic acids is 2. The second kappa shape index (κ2) is 10.7. The van der Waals surface area contributed by atoms with E-state index in [9.17, 15) is 9.59 Å². The maximum atomic E-state index is 12.9. The lowest BCUT2D eigenvalue weighted by Crippen LogP contribution is -2.47. The number of thioether (sulfide) groups is 1. The van der Waals surface area contributed by atoms with Gasteiger partial charge < -0.3 is 10.2 Å². The molecular weight excluding hydrogens is 415 g/mol. The third kappa shape index (κ3) is 6.43. The Morgan fingerprint density at radius 1 is 1.07 bits per heavy atom. The van der Waals surface area contributed by atoms with Gasteiger partial charge in [0.25, 0.3) is 0 Å². The SMILES string of the molecule is CNC(=O)[C@@H](C)N(Cc1ccc(Cl)c(Cl)c1)C(=O)CSCc1ccc(C)cc1. The summed E-state index contributed by atoms with van der Waals surface area (Å²) in [5.41, 5.74) is 3.19. The van der Waals surface area contributed by atoms with Gasteiger partial charge in [-0.2, -0.15) is 0 Å². The fraction of sp³-hybridized carbons (Fsp3) is 0.333. The molecule has 0 aliphatic rings. The number of hydrogen-bond acceptors (Lipinski definition) is 3. The summed E-state index contributed by atoms with van der Waals surface area (Å²) in [5, 5.41) is 3.49. The fourth-order valence-electron chi connectivity index (χ4n) is 2.65. The summed E-state index contributed by atoms with van der Waals surface area (Å²) >= 11 is 13.6. The third-order valence-corrected chi connectivity index (χ3v) is 6.09. The summed E-state index contributed by atoms with van der Waals surface area (Å²) in [5.74, 6) is 0.716. The predicted octanol–water partition coefficient (Wildman–Crippen LogP) is 4.70. The van der Waals surface area contributed by atoms with Crippen LogP contribution in [0.3, 0.4) is 0 Å². The summed E-state index contributed by atoms with van der Waals surface area (Å²) in [6.07, 6.45) is 0. The van der Waals surface area contributed by atoms with Crippen molar-refractivity contribution in [2.24, 2.45) is 0 Å². The zero-order valence-corrected chi connectivity index (χ0v) is 18.5. The second-order valence-electron chi connectivity index (χ2n) is 6.54. The molecule has 28 heavy (non-hydrogen) atoms. The highest BCUT2D eigenvalue weighted by Crippen LogP contribution is 2.24. The van der Waals surface area contributed by atoms with E-state index in [2.05, 4.69) is 29.6 Å². The van der Waals surface area contributed by atoms with Crippen molar-refractivity contribution in [1.82, 2.24) is 10.2 Å². The van der Waals surface area contributed by atoms with Crippen molar-refractivity contribution >= 4 is 46.8 Å². The molecule has 2 amide bonds. The molecule has 2 rings (SSSR count). The van der Waals surface area contributed by atoms with Crippen molar-refractivity contribution in [1.29, 1.82) is 0 Å². The van der Waals surface area contributed by atoms with Crippen LogP contribution in [0, 0.1) is 6.92 Å². The van der Waals surface area contributed by atoms with E-state index in [-0.39, 0.29) is 24.1 Å². The van der Waals surface area contributed by atoms with Gasteiger partial charge in [-0.05, 0) is 37.1 Å². The van der Waals surface area contributed by atoms with Crippen LogP contribution in [0.4, 0.5) is 0 Å². The minimum atomic E-state index is -0.591. The largest absolute Gasteiger partial charge is 0.357 e. The van der Waals surface area contributed by atoms with Crippen LogP contribution in [-0.2, 0) is 21.9 Å². The van der Waals surface area contributed by atoms with Crippen LogP contribution in [-0.4, -0.2) is 35.6 Å². The van der Waals surface area contributed by atoms with Crippen LogP contribution in [0.1, 0.15) is 23.6 Å². The molecule has 0 aromatic heterocycles. The van der Waals surface area contributed by atoms with Gasteiger partial charge in [-0.15, -0.1) is 11.8 Å². The molecule has 7 heteroatoms. The Balaban J connectivity index is 2.06. The van der Waals surface area contributed by atoms with E-state index in [1.165, 1.54) is 22.9 Å². The quantitative estimate of drug-likeness (QED) is 0.649. The summed E-state index contributed by atoms with van der Waals surface area (Å²) < 4.78 is 0. The number of nitrogens with one attached hydrogen (secondary N) is 1. The van der Waals surface area contributed by atoms with Crippen molar-refractivity contribution in [3.8, 4) is 0 Å². The highest BCUT2D eigenvalue weighted by atomic mass is 35.5. The van der Waals surface area contributed by atoms with E-state index < -0.39 is 6.04 Å². The zero-order chi connectivity index (χ0) is 20.7. The molecule has 1 N–H and O–H groups in total. The summed E-state index contributed by atoms with van der Waals surface area (Å²) in [7, 11) is 1.56. The van der Waals surface area contributed by atoms with Crippen molar-refractivity contribution < 1.29 is 9.59 Å². The third-order valence-electron chi connectivity index (χ3n) is 4.37. The number of amides is 2. The van der Waals surface area contributed by atoms with E-state index in [0.29, 0.717) is 10.0 Å². The van der Waals surface area contributed by atoms with Crippen LogP contribution in [0.2, 0.25) is 10.0 Å². The highest BCUT2D eigenvalue weighted by Gasteiger charge is 2.25. The van der Waals surface area contributed by atoms with Crippen molar-refractivity contribution in [2.75, 3.05) is 12.8 Å². The lowest BCUT2D eigenvalue weighted by molar-refractivity contribution is -0.138. The molecule has 0 aliphatic carbocycles. The molecular formula is C21H24Cl2N2O2S. The number of nitrogens with zero attached hydrogens (tertiary/aromatic N) is 1. The first kappa shape index (κ1) is 22.6. The number of halogens is 2. The first-order valence-corrected chi connectivity index (χ1v) is 10.8. The van der Waals surface area contributed by atoms with Gasteiger partial charge in [0.2, 0.25) is 11.8 Å². The van der Waals surface area contributed by atoms with Gasteiger partial charge in [0, 0.05) is 19.3 Å². The van der Waals surface area contributed by atoms with E-state index >= 15 is 0 Å². The average Bonchev–Trinajstić information content (AvgIpc) is 2.69. The summed E-state index contributed by atoms with van der Waals surface area (Å²) in [6, 6.07) is 12.9. The molecule has 4 nitrogen and oxygen atoms in total.